The van der Waals surface area contributed by atoms with Crippen molar-refractivity contribution in [3.63, 3.8) is 0 Å². The molecule has 2 saturated heterocycles. The Balaban J connectivity index is 0.00000304. The van der Waals surface area contributed by atoms with E-state index in [4.69, 9.17) is 17.1 Å². The number of aromatic hydroxyl groups is 4. The Kier molecular flexibility index (Phi) is 19.8. The second kappa shape index (κ2) is 23.4. The van der Waals surface area contributed by atoms with E-state index in [0.717, 1.165) is 13.8 Å². The van der Waals surface area contributed by atoms with E-state index in [1.165, 1.54) is 0 Å². The Morgan fingerprint density at radius 1 is 0.539 bits per heavy atom. The summed E-state index contributed by atoms with van der Waals surface area (Å²) in [6, 6.07) is 1.12. The second-order valence-electron chi connectivity index (χ2n) is 16.7. The molecule has 32 heteroatoms. The molecule has 0 saturated carbocycles. The zero-order valence-corrected chi connectivity index (χ0v) is 42.1. The van der Waals surface area contributed by atoms with E-state index in [-0.39, 0.29) is 59.6 Å². The predicted octanol–water partition coefficient (Wildman–Crippen LogP) is -7.44. The van der Waals surface area contributed by atoms with Crippen LogP contribution in [0.25, 0.3) is 0 Å². The van der Waals surface area contributed by atoms with Gasteiger partial charge in [-0.15, -0.1) is 0 Å². The quantitative estimate of drug-likeness (QED) is 0.0567. The molecule has 0 amide bonds. The summed E-state index contributed by atoms with van der Waals surface area (Å²) in [5, 5.41) is 178. The summed E-state index contributed by atoms with van der Waals surface area (Å²) < 4.78 is 22.5. The minimum atomic E-state index is -2.65. The number of fused-ring (bicyclic) bond motifs is 4. The molecule has 0 bridgehead atoms. The fourth-order valence-electron chi connectivity index (χ4n) is 9.45. The maximum absolute atomic E-state index is 14.4. The van der Waals surface area contributed by atoms with Crippen molar-refractivity contribution in [2.45, 2.75) is 74.9 Å². The first kappa shape index (κ1) is 64.4. The van der Waals surface area contributed by atoms with Crippen LogP contribution in [0, 0.1) is 13.8 Å². The number of aliphatic hydroxyl groups excluding tert-OH is 8. The van der Waals surface area contributed by atoms with Crippen LogP contribution in [-0.4, -0.2) is 244 Å². The number of aromatic carboxylic acids is 2. The van der Waals surface area contributed by atoms with E-state index in [1.54, 1.807) is 0 Å². The number of phenolic OH excluding ortho intramolecular Hbond substituents is 2. The van der Waals surface area contributed by atoms with E-state index in [1.807, 2.05) is 0 Å². The van der Waals surface area contributed by atoms with Crippen LogP contribution in [0.3, 0.4) is 0 Å². The van der Waals surface area contributed by atoms with Crippen molar-refractivity contribution in [2.24, 2.45) is 0 Å². The molecule has 30 nitrogen and oxygen atoms in total. The molecule has 4 aliphatic rings. The predicted molar refractivity (Wildman–Crippen MR) is 241 cm³/mol. The second-order valence-corrected chi connectivity index (χ2v) is 17.4. The van der Waals surface area contributed by atoms with Crippen LogP contribution >= 0.6 is 0 Å². The van der Waals surface area contributed by atoms with Gasteiger partial charge in [0.2, 0.25) is 0 Å². The van der Waals surface area contributed by atoms with E-state index in [0.29, 0.717) is 12.1 Å². The fraction of sp³-hybridized carbons (Fsp3) is 0.318. The molecule has 2 fully saturated rings. The summed E-state index contributed by atoms with van der Waals surface area (Å²) in [6.45, 7) is -0.149. The van der Waals surface area contributed by atoms with Crippen molar-refractivity contribution in [1.29, 1.82) is 0 Å². The Labute approximate surface area is 459 Å². The molecule has 10 atom stereocenters. The number of benzene rings is 4. The molecule has 4 aromatic rings. The Morgan fingerprint density at radius 3 is 1.14 bits per heavy atom. The van der Waals surface area contributed by atoms with Crippen molar-refractivity contribution in [3.8, 4) is 46.0 Å². The molecule has 2 aliphatic heterocycles. The number of carbonyl (C=O) groups is 6. The molecule has 0 aromatic heterocycles. The third-order valence-electron chi connectivity index (χ3n) is 12.9. The molecule has 4 aromatic carbocycles. The molecule has 8 rings (SSSR count). The zero-order chi connectivity index (χ0) is 52.3. The van der Waals surface area contributed by atoms with Gasteiger partial charge in [0.15, 0.2) is 34.6 Å². The Bertz CT molecular complexity index is 2860. The van der Waals surface area contributed by atoms with Crippen molar-refractivity contribution < 1.29 is 149 Å². The number of hydrogen-bond donors (Lipinski definition) is 14. The number of hydrogen-bond acceptors (Lipinski definition) is 24. The van der Waals surface area contributed by atoms with Crippen LogP contribution in [0.1, 0.15) is 119 Å². The average Bonchev–Trinajstić information content (AvgIpc) is 3.30. The smallest absolute Gasteiger partial charge is 0.872 e. The van der Waals surface area contributed by atoms with E-state index < -0.39 is 249 Å². The molecule has 0 spiro atoms. The van der Waals surface area contributed by atoms with Gasteiger partial charge in [-0.2, -0.15) is 0 Å². The van der Waals surface area contributed by atoms with Gasteiger partial charge in [-0.3, -0.25) is 19.2 Å². The van der Waals surface area contributed by atoms with Crippen LogP contribution in [0.5, 0.6) is 46.0 Å². The number of rotatable bonds is 10. The SMILES string of the molecule is Cc1c(C(=O)O)c(O)cc2c1C(=O)c1c([O-])c(C3OC(CO)C(O)C(O)C3O)c(O)c([O][Al][O]c3c(O)c(C4OC(CO)C(O)C(O)C4O)c([O-])c4c3C(=O)c3cc(O)c(C(=O)O)c(C)c3C4=O)c1C2=O.O.O.O.O.[Ca+2]. The van der Waals surface area contributed by atoms with Gasteiger partial charge in [-0.1, -0.05) is 11.5 Å². The van der Waals surface area contributed by atoms with Crippen LogP contribution in [0.2, 0.25) is 0 Å². The summed E-state index contributed by atoms with van der Waals surface area (Å²) >= 11 is -2.65. The van der Waals surface area contributed by atoms with E-state index in [9.17, 15) is 110 Å². The maximum Gasteiger partial charge on any atom is 2.00 e. The van der Waals surface area contributed by atoms with Gasteiger partial charge in [0.05, 0.1) is 24.3 Å². The van der Waals surface area contributed by atoms with Crippen molar-refractivity contribution >= 4 is 88.7 Å². The normalized spacial score (nSPS) is 24.0. The molecular weight excluding hydrogens is 1080 g/mol. The summed E-state index contributed by atoms with van der Waals surface area (Å²) in [6.07, 6.45) is -21.4. The fourth-order valence-corrected chi connectivity index (χ4v) is 10.1. The molecular formula is C44H44AlCaO30. The standard InChI is InChI=1S/2C22H20O13.Al.Ca.4H2O/c2*1-4-8-5(2-6(24)9(4)22(33)34)13(25)10-11(15(8)27)16(28)12(18(30)17(10)29)21-20(32)19(31)14(26)7(3-23)35-21;;;;;;/h2*2,7,14,19-21,23-24,26,28-32H,3H2,1H3,(H,33,34);;;4*1H2/q;;2*+2;;;;/p-4. The van der Waals surface area contributed by atoms with Crippen molar-refractivity contribution in [2.75, 3.05) is 13.2 Å². The number of ketones is 4. The molecule has 76 heavy (non-hydrogen) atoms. The topological polar surface area (TPSA) is 595 Å². The molecule has 22 N–H and O–H groups in total. The first-order valence-electron chi connectivity index (χ1n) is 20.7. The largest absolute Gasteiger partial charge is 2.00 e. The number of ether oxygens (including phenoxy) is 2. The molecule has 10 unspecified atom stereocenters. The molecule has 2 heterocycles. The van der Waals surface area contributed by atoms with E-state index >= 15 is 0 Å². The third-order valence-corrected chi connectivity index (χ3v) is 13.6. The summed E-state index contributed by atoms with van der Waals surface area (Å²) in [5.41, 5.74) is -12.8. The van der Waals surface area contributed by atoms with Crippen LogP contribution < -0.4 is 17.8 Å². The van der Waals surface area contributed by atoms with Crippen LogP contribution in [0.15, 0.2) is 12.1 Å². The summed E-state index contributed by atoms with van der Waals surface area (Å²) in [7, 11) is 0. The minimum Gasteiger partial charge on any atom is -0.872 e. The number of phenols is 4. The number of carboxylic acid groups (broad SMARTS) is 2. The zero-order valence-electron chi connectivity index (χ0n) is 38.8. The monoisotopic (exact) mass is 1120 g/mol. The van der Waals surface area contributed by atoms with Gasteiger partial charge in [0, 0.05) is 44.5 Å². The van der Waals surface area contributed by atoms with Gasteiger partial charge < -0.3 is 121 Å². The van der Waals surface area contributed by atoms with Gasteiger partial charge in [-0.25, -0.2) is 9.59 Å². The first-order chi connectivity index (χ1) is 33.3. The summed E-state index contributed by atoms with van der Waals surface area (Å²) in [5.74, 6) is -20.0. The summed E-state index contributed by atoms with van der Waals surface area (Å²) in [4.78, 5) is 81.9. The first-order valence-corrected chi connectivity index (χ1v) is 21.6. The molecule has 2 aliphatic carbocycles. The third kappa shape index (κ3) is 9.46. The van der Waals surface area contributed by atoms with Crippen molar-refractivity contribution in [3.05, 3.63) is 90.0 Å². The Morgan fingerprint density at radius 2 is 0.855 bits per heavy atom. The van der Waals surface area contributed by atoms with Gasteiger partial charge in [0.25, 0.3) is 0 Å². The van der Waals surface area contributed by atoms with Crippen molar-refractivity contribution in [1.82, 2.24) is 0 Å². The number of carbonyl (C=O) groups excluding carboxylic acids is 4. The minimum absolute atomic E-state index is 0. The van der Waals surface area contributed by atoms with Crippen LogP contribution in [0.4, 0.5) is 0 Å². The molecule has 1 radical (unpaired) electrons. The van der Waals surface area contributed by atoms with E-state index in [2.05, 4.69) is 0 Å². The van der Waals surface area contributed by atoms with Gasteiger partial charge in [0.1, 0.15) is 95.2 Å². The van der Waals surface area contributed by atoms with Gasteiger partial charge in [-0.05, 0) is 37.1 Å². The average molecular weight is 1120 g/mol. The van der Waals surface area contributed by atoms with Crippen LogP contribution in [-0.2, 0) is 9.47 Å². The number of aliphatic hydroxyl groups is 8. The Hall–Kier alpha value is -5.87. The number of carboxylic acids is 2. The van der Waals surface area contributed by atoms with Gasteiger partial charge >= 0.3 is 65.6 Å². The molecule has 405 valence electrons. The maximum atomic E-state index is 14.4.